The Labute approximate surface area is 78.7 Å². The van der Waals surface area contributed by atoms with E-state index in [-0.39, 0.29) is 12.4 Å². The first-order valence-corrected chi connectivity index (χ1v) is 4.26. The molecule has 1 rings (SSSR count). The lowest BCUT2D eigenvalue weighted by Gasteiger charge is -1.97. The molecule has 0 spiro atoms. The van der Waals surface area contributed by atoms with Crippen molar-refractivity contribution in [1.82, 2.24) is 0 Å². The van der Waals surface area contributed by atoms with Gasteiger partial charge in [0.15, 0.2) is 0 Å². The van der Waals surface area contributed by atoms with Gasteiger partial charge in [0.1, 0.15) is 5.82 Å². The van der Waals surface area contributed by atoms with E-state index in [1.165, 1.54) is 12.1 Å². The van der Waals surface area contributed by atoms with Crippen LogP contribution >= 0.6 is 15.9 Å². The summed E-state index contributed by atoms with van der Waals surface area (Å²) < 4.78 is 13.2. The molecule has 3 heteroatoms. The van der Waals surface area contributed by atoms with E-state index in [1.54, 1.807) is 18.2 Å². The molecule has 0 fully saturated rings. The molecule has 0 saturated heterocycles. The highest BCUT2D eigenvalue weighted by molar-refractivity contribution is 9.15. The minimum Gasteiger partial charge on any atom is -0.392 e. The first kappa shape index (κ1) is 9.42. The van der Waals surface area contributed by atoms with Crippen LogP contribution in [-0.4, -0.2) is 11.7 Å². The van der Waals surface area contributed by atoms with E-state index in [0.29, 0.717) is 0 Å². The predicted octanol–water partition coefficient (Wildman–Crippen LogP) is 2.55. The van der Waals surface area contributed by atoms with Gasteiger partial charge in [0.05, 0.1) is 6.61 Å². The number of aliphatic hydroxyl groups is 1. The van der Waals surface area contributed by atoms with Gasteiger partial charge >= 0.3 is 0 Å². The summed E-state index contributed by atoms with van der Waals surface area (Å²) in [7, 11) is 0. The van der Waals surface area contributed by atoms with Crippen LogP contribution in [0, 0.1) is 5.82 Å². The number of rotatable bonds is 2. The van der Waals surface area contributed by atoms with Gasteiger partial charge in [-0.05, 0) is 23.8 Å². The number of halogens is 2. The molecule has 0 aliphatic carbocycles. The summed E-state index contributed by atoms with van der Waals surface area (Å²) in [4.78, 5) is 0. The highest BCUT2D eigenvalue weighted by atomic mass is 79.9. The highest BCUT2D eigenvalue weighted by Crippen LogP contribution is 2.20. The van der Waals surface area contributed by atoms with Crippen molar-refractivity contribution >= 4 is 20.4 Å². The molecule has 0 aliphatic rings. The van der Waals surface area contributed by atoms with Crippen molar-refractivity contribution in [2.45, 2.75) is 0 Å². The molecule has 0 saturated carbocycles. The number of hydrogen-bond donors (Lipinski definition) is 1. The zero-order valence-electron chi connectivity index (χ0n) is 6.30. The van der Waals surface area contributed by atoms with Crippen molar-refractivity contribution in [1.29, 1.82) is 0 Å². The Morgan fingerprint density at radius 2 is 2.00 bits per heavy atom. The van der Waals surface area contributed by atoms with Crippen LogP contribution in [0.15, 0.2) is 30.3 Å². The molecule has 0 aromatic heterocycles. The Morgan fingerprint density at radius 1 is 1.42 bits per heavy atom. The van der Waals surface area contributed by atoms with Gasteiger partial charge in [0.25, 0.3) is 0 Å². The fourth-order valence-corrected chi connectivity index (χ4v) is 1.22. The number of aliphatic hydroxyl groups excluding tert-OH is 1. The molecule has 0 amide bonds. The number of hydrogen-bond acceptors (Lipinski definition) is 1. The van der Waals surface area contributed by atoms with E-state index in [9.17, 15) is 4.39 Å². The molecule has 12 heavy (non-hydrogen) atoms. The standard InChI is InChI=1S/C9H8BrFO/c10-9(5-6-12)7-1-3-8(11)4-2-7/h1-5,12H,6H2/b9-5-. The summed E-state index contributed by atoms with van der Waals surface area (Å²) in [6.07, 6.45) is 1.60. The van der Waals surface area contributed by atoms with Gasteiger partial charge in [-0.3, -0.25) is 0 Å². The van der Waals surface area contributed by atoms with Crippen LogP contribution in [-0.2, 0) is 0 Å². The molecule has 0 bridgehead atoms. The van der Waals surface area contributed by atoms with Gasteiger partial charge in [-0.1, -0.05) is 28.1 Å². The fourth-order valence-electron chi connectivity index (χ4n) is 0.807. The van der Waals surface area contributed by atoms with Gasteiger partial charge in [-0.25, -0.2) is 4.39 Å². The summed E-state index contributed by atoms with van der Waals surface area (Å²) in [5.41, 5.74) is 0.852. The minimum atomic E-state index is -0.261. The van der Waals surface area contributed by atoms with E-state index in [4.69, 9.17) is 5.11 Å². The Bertz CT molecular complexity index is 279. The van der Waals surface area contributed by atoms with Gasteiger partial charge in [0.2, 0.25) is 0 Å². The summed E-state index contributed by atoms with van der Waals surface area (Å²) in [5.74, 6) is -0.261. The van der Waals surface area contributed by atoms with E-state index in [2.05, 4.69) is 15.9 Å². The lowest BCUT2D eigenvalue weighted by atomic mass is 10.2. The second-order valence-electron chi connectivity index (χ2n) is 2.24. The molecule has 0 aliphatic heterocycles. The van der Waals surface area contributed by atoms with Gasteiger partial charge in [-0.2, -0.15) is 0 Å². The van der Waals surface area contributed by atoms with Crippen LogP contribution in [0.25, 0.3) is 4.48 Å². The van der Waals surface area contributed by atoms with Crippen LogP contribution in [0.3, 0.4) is 0 Å². The molecule has 1 N–H and O–H groups in total. The molecular formula is C9H8BrFO. The predicted molar refractivity (Wildman–Crippen MR) is 50.4 cm³/mol. The first-order valence-electron chi connectivity index (χ1n) is 3.46. The summed E-state index contributed by atoms with van der Waals surface area (Å²) >= 11 is 3.25. The Hall–Kier alpha value is -0.670. The molecule has 0 atom stereocenters. The van der Waals surface area contributed by atoms with Crippen LogP contribution in [0.2, 0.25) is 0 Å². The topological polar surface area (TPSA) is 20.2 Å². The fraction of sp³-hybridized carbons (Fsp3) is 0.111. The van der Waals surface area contributed by atoms with Crippen LogP contribution in [0.4, 0.5) is 4.39 Å². The van der Waals surface area contributed by atoms with Crippen LogP contribution in [0.5, 0.6) is 0 Å². The average molecular weight is 231 g/mol. The molecule has 64 valence electrons. The van der Waals surface area contributed by atoms with E-state index >= 15 is 0 Å². The Balaban J connectivity index is 2.89. The quantitative estimate of drug-likeness (QED) is 0.829. The van der Waals surface area contributed by atoms with Gasteiger partial charge in [-0.15, -0.1) is 0 Å². The number of benzene rings is 1. The molecule has 1 aromatic rings. The Morgan fingerprint density at radius 3 is 2.50 bits per heavy atom. The van der Waals surface area contributed by atoms with Crippen molar-refractivity contribution in [2.24, 2.45) is 0 Å². The third-order valence-corrected chi connectivity index (χ3v) is 2.17. The van der Waals surface area contributed by atoms with Crippen LogP contribution < -0.4 is 0 Å². The van der Waals surface area contributed by atoms with Gasteiger partial charge < -0.3 is 5.11 Å². The van der Waals surface area contributed by atoms with Crippen LogP contribution in [0.1, 0.15) is 5.56 Å². The van der Waals surface area contributed by atoms with Crippen molar-refractivity contribution in [3.8, 4) is 0 Å². The highest BCUT2D eigenvalue weighted by Gasteiger charge is 1.96. The lowest BCUT2D eigenvalue weighted by molar-refractivity contribution is 0.343. The maximum Gasteiger partial charge on any atom is 0.123 e. The SMILES string of the molecule is OC/C=C(\Br)c1ccc(F)cc1. The normalized spacial score (nSPS) is 11.8. The van der Waals surface area contributed by atoms with Crippen molar-refractivity contribution in [3.63, 3.8) is 0 Å². The second-order valence-corrected chi connectivity index (χ2v) is 3.10. The molecule has 1 aromatic carbocycles. The van der Waals surface area contributed by atoms with Crippen molar-refractivity contribution < 1.29 is 9.50 Å². The summed E-state index contributed by atoms with van der Waals surface area (Å²) in [6.45, 7) is -0.0298. The lowest BCUT2D eigenvalue weighted by Crippen LogP contribution is -1.80. The third kappa shape index (κ3) is 2.43. The maximum absolute atomic E-state index is 12.5. The second kappa shape index (κ2) is 4.38. The summed E-state index contributed by atoms with van der Waals surface area (Å²) in [5, 5.41) is 8.57. The minimum absolute atomic E-state index is 0.0298. The largest absolute Gasteiger partial charge is 0.392 e. The molecule has 0 radical (unpaired) electrons. The smallest absolute Gasteiger partial charge is 0.123 e. The zero-order chi connectivity index (χ0) is 8.97. The molecule has 0 heterocycles. The molecule has 0 unspecified atom stereocenters. The molecule has 1 nitrogen and oxygen atoms in total. The third-order valence-electron chi connectivity index (χ3n) is 1.39. The monoisotopic (exact) mass is 230 g/mol. The molecular weight excluding hydrogens is 223 g/mol. The maximum atomic E-state index is 12.5. The zero-order valence-corrected chi connectivity index (χ0v) is 7.88. The first-order chi connectivity index (χ1) is 5.74. The van der Waals surface area contributed by atoms with Crippen molar-refractivity contribution in [2.75, 3.05) is 6.61 Å². The van der Waals surface area contributed by atoms with Gasteiger partial charge in [0, 0.05) is 4.48 Å². The average Bonchev–Trinajstić information content (AvgIpc) is 2.06. The van der Waals surface area contributed by atoms with E-state index in [1.807, 2.05) is 0 Å². The van der Waals surface area contributed by atoms with E-state index in [0.717, 1.165) is 10.0 Å². The van der Waals surface area contributed by atoms with E-state index < -0.39 is 0 Å². The summed E-state index contributed by atoms with van der Waals surface area (Å²) in [6, 6.07) is 6.04. The Kier molecular flexibility index (Phi) is 3.44. The van der Waals surface area contributed by atoms with Crippen molar-refractivity contribution in [3.05, 3.63) is 41.7 Å².